The van der Waals surface area contributed by atoms with Gasteiger partial charge in [-0.3, -0.25) is 0 Å². The summed E-state index contributed by atoms with van der Waals surface area (Å²) in [7, 11) is 0. The van der Waals surface area contributed by atoms with Gasteiger partial charge >= 0.3 is 0 Å². The Labute approximate surface area is 77.2 Å². The fourth-order valence-electron chi connectivity index (χ4n) is 1.86. The maximum Gasteiger partial charge on any atom is 0.255 e. The van der Waals surface area contributed by atoms with E-state index in [0.29, 0.717) is 6.04 Å². The number of nitrogens with one attached hydrogen (secondary N) is 1. The molecular formula is C10H15F2N. The van der Waals surface area contributed by atoms with Gasteiger partial charge in [-0.05, 0) is 26.3 Å². The van der Waals surface area contributed by atoms with Crippen LogP contribution in [0, 0.1) is 5.92 Å². The van der Waals surface area contributed by atoms with Crippen molar-refractivity contribution in [1.29, 1.82) is 0 Å². The number of hydrogen-bond acceptors (Lipinski definition) is 1. The van der Waals surface area contributed by atoms with Gasteiger partial charge in [0.05, 0.1) is 0 Å². The number of allylic oxidation sites excluding steroid dienone is 1. The highest BCUT2D eigenvalue weighted by Crippen LogP contribution is 2.50. The van der Waals surface area contributed by atoms with E-state index in [-0.39, 0.29) is 6.42 Å². The Morgan fingerprint density at radius 1 is 1.54 bits per heavy atom. The maximum atomic E-state index is 12.6. The molecule has 0 aromatic carbocycles. The highest BCUT2D eigenvalue weighted by molar-refractivity contribution is 5.19. The van der Waals surface area contributed by atoms with Crippen molar-refractivity contribution < 1.29 is 8.78 Å². The molecule has 1 N–H and O–H groups in total. The Kier molecular flexibility index (Phi) is 2.14. The van der Waals surface area contributed by atoms with Crippen LogP contribution < -0.4 is 5.32 Å². The molecule has 2 atom stereocenters. The van der Waals surface area contributed by atoms with Crippen LogP contribution in [-0.2, 0) is 0 Å². The van der Waals surface area contributed by atoms with E-state index < -0.39 is 11.8 Å². The third-order valence-electron chi connectivity index (χ3n) is 2.94. The minimum Gasteiger partial charge on any atom is -0.311 e. The Morgan fingerprint density at radius 2 is 2.23 bits per heavy atom. The first-order valence-corrected chi connectivity index (χ1v) is 4.91. The molecule has 2 unspecified atom stereocenters. The van der Waals surface area contributed by atoms with Gasteiger partial charge in [-0.25, -0.2) is 8.78 Å². The number of rotatable bonds is 1. The van der Waals surface area contributed by atoms with E-state index >= 15 is 0 Å². The van der Waals surface area contributed by atoms with Gasteiger partial charge in [-0.15, -0.1) is 0 Å². The molecule has 1 saturated heterocycles. The van der Waals surface area contributed by atoms with Crippen molar-refractivity contribution in [2.24, 2.45) is 5.92 Å². The van der Waals surface area contributed by atoms with Gasteiger partial charge in [-0.1, -0.05) is 11.6 Å². The van der Waals surface area contributed by atoms with Crippen LogP contribution in [0.15, 0.2) is 11.6 Å². The first-order valence-electron chi connectivity index (χ1n) is 4.91. The zero-order valence-electron chi connectivity index (χ0n) is 7.82. The number of halogens is 2. The van der Waals surface area contributed by atoms with Gasteiger partial charge in [0.1, 0.15) is 0 Å². The van der Waals surface area contributed by atoms with Crippen LogP contribution in [-0.4, -0.2) is 18.5 Å². The van der Waals surface area contributed by atoms with Gasteiger partial charge in [0.15, 0.2) is 0 Å². The minimum atomic E-state index is -2.40. The first kappa shape index (κ1) is 9.13. The van der Waals surface area contributed by atoms with E-state index in [0.717, 1.165) is 19.4 Å². The van der Waals surface area contributed by atoms with Crippen molar-refractivity contribution in [3.05, 3.63) is 11.6 Å². The standard InChI is InChI=1S/C10H15F2N/c1-7-8(3-2-4-13-7)5-9-6-10(9,11)12/h5,7,9,13H,2-4,6H2,1H3/b8-5+. The monoisotopic (exact) mass is 187 g/mol. The second-order valence-corrected chi connectivity index (χ2v) is 4.09. The fraction of sp³-hybridized carbons (Fsp3) is 0.800. The molecule has 2 fully saturated rings. The molecule has 74 valence electrons. The number of hydrogen-bond donors (Lipinski definition) is 1. The van der Waals surface area contributed by atoms with Crippen LogP contribution in [0.4, 0.5) is 8.78 Å². The summed E-state index contributed by atoms with van der Waals surface area (Å²) in [4.78, 5) is 0. The summed E-state index contributed by atoms with van der Waals surface area (Å²) in [6, 6.07) is 0.296. The summed E-state index contributed by atoms with van der Waals surface area (Å²) in [6.07, 6.45) is 3.91. The maximum absolute atomic E-state index is 12.6. The Morgan fingerprint density at radius 3 is 2.77 bits per heavy atom. The van der Waals surface area contributed by atoms with Crippen LogP contribution in [0.25, 0.3) is 0 Å². The van der Waals surface area contributed by atoms with Gasteiger partial charge in [0, 0.05) is 18.4 Å². The lowest BCUT2D eigenvalue weighted by Gasteiger charge is -2.23. The molecule has 2 rings (SSSR count). The molecule has 2 aliphatic rings. The second-order valence-electron chi connectivity index (χ2n) is 4.09. The SMILES string of the molecule is CC1NCCC/C1=C\C1CC1(F)F. The largest absolute Gasteiger partial charge is 0.311 e. The molecule has 0 aromatic rings. The summed E-state index contributed by atoms with van der Waals surface area (Å²) < 4.78 is 25.2. The molecule has 0 aromatic heterocycles. The lowest BCUT2D eigenvalue weighted by atomic mass is 9.97. The molecule has 0 radical (unpaired) electrons. The molecule has 0 amide bonds. The molecule has 3 heteroatoms. The first-order chi connectivity index (χ1) is 6.09. The van der Waals surface area contributed by atoms with Crippen LogP contribution >= 0.6 is 0 Å². The van der Waals surface area contributed by atoms with Gasteiger partial charge in [-0.2, -0.15) is 0 Å². The highest BCUT2D eigenvalue weighted by atomic mass is 19.3. The Hall–Kier alpha value is -0.440. The van der Waals surface area contributed by atoms with Crippen LogP contribution in [0.1, 0.15) is 26.2 Å². The lowest BCUT2D eigenvalue weighted by Crippen LogP contribution is -2.33. The van der Waals surface area contributed by atoms with Gasteiger partial charge in [0.2, 0.25) is 0 Å². The van der Waals surface area contributed by atoms with Crippen molar-refractivity contribution in [3.8, 4) is 0 Å². The van der Waals surface area contributed by atoms with Crippen molar-refractivity contribution in [1.82, 2.24) is 5.32 Å². The van der Waals surface area contributed by atoms with E-state index in [2.05, 4.69) is 5.32 Å². The molecule has 1 aliphatic carbocycles. The average molecular weight is 187 g/mol. The number of alkyl halides is 2. The Balaban J connectivity index is 1.99. The summed E-state index contributed by atoms with van der Waals surface area (Å²) >= 11 is 0. The van der Waals surface area contributed by atoms with Crippen LogP contribution in [0.5, 0.6) is 0 Å². The highest BCUT2D eigenvalue weighted by Gasteiger charge is 2.55. The van der Waals surface area contributed by atoms with E-state index in [1.165, 1.54) is 5.57 Å². The topological polar surface area (TPSA) is 12.0 Å². The van der Waals surface area contributed by atoms with Gasteiger partial charge in [0.25, 0.3) is 5.92 Å². The minimum absolute atomic E-state index is 0.0588. The normalized spacial score (nSPS) is 40.7. The quantitative estimate of drug-likeness (QED) is 0.621. The zero-order valence-corrected chi connectivity index (χ0v) is 7.82. The van der Waals surface area contributed by atoms with Crippen LogP contribution in [0.2, 0.25) is 0 Å². The number of piperidine rings is 1. The molecule has 0 bridgehead atoms. The van der Waals surface area contributed by atoms with Crippen molar-refractivity contribution >= 4 is 0 Å². The predicted molar refractivity (Wildman–Crippen MR) is 47.8 cm³/mol. The van der Waals surface area contributed by atoms with Crippen molar-refractivity contribution in [2.45, 2.75) is 38.2 Å². The molecule has 1 aliphatic heterocycles. The van der Waals surface area contributed by atoms with E-state index in [1.54, 1.807) is 6.08 Å². The smallest absolute Gasteiger partial charge is 0.255 e. The summed E-state index contributed by atoms with van der Waals surface area (Å²) in [6.45, 7) is 3.06. The lowest BCUT2D eigenvalue weighted by molar-refractivity contribution is 0.107. The van der Waals surface area contributed by atoms with Crippen molar-refractivity contribution in [2.75, 3.05) is 6.54 Å². The molecule has 13 heavy (non-hydrogen) atoms. The second kappa shape index (κ2) is 3.05. The van der Waals surface area contributed by atoms with E-state index in [9.17, 15) is 8.78 Å². The van der Waals surface area contributed by atoms with E-state index in [4.69, 9.17) is 0 Å². The third-order valence-corrected chi connectivity index (χ3v) is 2.94. The third kappa shape index (κ3) is 1.90. The summed E-state index contributed by atoms with van der Waals surface area (Å²) in [5.74, 6) is -2.87. The average Bonchev–Trinajstić information content (AvgIpc) is 2.64. The molecule has 1 nitrogen and oxygen atoms in total. The predicted octanol–water partition coefficient (Wildman–Crippen LogP) is 2.34. The fourth-order valence-corrected chi connectivity index (χ4v) is 1.86. The molecule has 1 heterocycles. The molecule has 0 spiro atoms. The zero-order chi connectivity index (χ0) is 9.47. The van der Waals surface area contributed by atoms with Crippen molar-refractivity contribution in [3.63, 3.8) is 0 Å². The van der Waals surface area contributed by atoms with E-state index in [1.807, 2.05) is 6.92 Å². The molecule has 1 saturated carbocycles. The van der Waals surface area contributed by atoms with Crippen LogP contribution in [0.3, 0.4) is 0 Å². The molecular weight excluding hydrogens is 172 g/mol. The van der Waals surface area contributed by atoms with Gasteiger partial charge < -0.3 is 5.32 Å². The summed E-state index contributed by atoms with van der Waals surface area (Å²) in [5.41, 5.74) is 1.17. The Bertz CT molecular complexity index is 235. The summed E-state index contributed by atoms with van der Waals surface area (Å²) in [5, 5.41) is 3.28.